The van der Waals surface area contributed by atoms with Gasteiger partial charge in [0.2, 0.25) is 0 Å². The molecule has 0 spiro atoms. The lowest BCUT2D eigenvalue weighted by molar-refractivity contribution is -0.140. The molecule has 0 aliphatic heterocycles. The van der Waals surface area contributed by atoms with Gasteiger partial charge in [-0.25, -0.2) is 0 Å². The summed E-state index contributed by atoms with van der Waals surface area (Å²) in [6, 6.07) is 1.34. The normalized spacial score (nSPS) is 10.7. The van der Waals surface area contributed by atoms with Crippen LogP contribution in [0, 0.1) is 11.8 Å². The summed E-state index contributed by atoms with van der Waals surface area (Å²) in [7, 11) is 0. The quantitative estimate of drug-likeness (QED) is 0.856. The number of carbonyl (C=O) groups is 1. The Labute approximate surface area is 114 Å². The molecule has 1 amide bonds. The van der Waals surface area contributed by atoms with E-state index in [4.69, 9.17) is 5.11 Å². The molecule has 1 aromatic rings. The van der Waals surface area contributed by atoms with Gasteiger partial charge in [-0.05, 0) is 13.0 Å². The van der Waals surface area contributed by atoms with E-state index in [1.165, 1.54) is 25.4 Å². The van der Waals surface area contributed by atoms with Gasteiger partial charge in [-0.15, -0.1) is 0 Å². The molecule has 0 aliphatic rings. The molecule has 1 N–H and O–H groups in total. The first kappa shape index (κ1) is 16.0. The number of carbonyl (C=O) groups excluding carboxylic acids is 1. The van der Waals surface area contributed by atoms with Crippen molar-refractivity contribution in [2.75, 3.05) is 19.7 Å². The van der Waals surface area contributed by atoms with E-state index in [1.807, 2.05) is 0 Å². The smallest absolute Gasteiger partial charge is 0.384 e. The summed E-state index contributed by atoms with van der Waals surface area (Å²) in [5.74, 6) is 4.15. The molecule has 4 nitrogen and oxygen atoms in total. The van der Waals surface area contributed by atoms with Gasteiger partial charge in [-0.3, -0.25) is 9.78 Å². The maximum atomic E-state index is 12.4. The SMILES string of the molecule is CCN(CC(F)(F)F)C(=O)c1cncc(C#CCO)c1. The van der Waals surface area contributed by atoms with Crippen molar-refractivity contribution in [1.29, 1.82) is 0 Å². The number of alkyl halides is 3. The molecule has 0 fully saturated rings. The molecule has 20 heavy (non-hydrogen) atoms. The van der Waals surface area contributed by atoms with E-state index in [0.29, 0.717) is 10.5 Å². The number of aliphatic hydroxyl groups is 1. The van der Waals surface area contributed by atoms with Crippen LogP contribution in [-0.4, -0.2) is 46.8 Å². The van der Waals surface area contributed by atoms with Crippen LogP contribution in [-0.2, 0) is 0 Å². The van der Waals surface area contributed by atoms with Crippen LogP contribution in [0.3, 0.4) is 0 Å². The average molecular weight is 286 g/mol. The van der Waals surface area contributed by atoms with Crippen LogP contribution < -0.4 is 0 Å². The minimum Gasteiger partial charge on any atom is -0.384 e. The van der Waals surface area contributed by atoms with Gasteiger partial charge >= 0.3 is 6.18 Å². The van der Waals surface area contributed by atoms with Gasteiger partial charge in [0, 0.05) is 24.5 Å². The van der Waals surface area contributed by atoms with E-state index < -0.39 is 18.6 Å². The van der Waals surface area contributed by atoms with Crippen molar-refractivity contribution >= 4 is 5.91 Å². The van der Waals surface area contributed by atoms with E-state index in [2.05, 4.69) is 16.8 Å². The third-order valence-electron chi connectivity index (χ3n) is 2.34. The molecule has 0 saturated carbocycles. The van der Waals surface area contributed by atoms with E-state index in [1.54, 1.807) is 0 Å². The minimum absolute atomic E-state index is 0.0286. The van der Waals surface area contributed by atoms with Gasteiger partial charge in [-0.1, -0.05) is 11.8 Å². The van der Waals surface area contributed by atoms with Gasteiger partial charge in [-0.2, -0.15) is 13.2 Å². The van der Waals surface area contributed by atoms with Crippen LogP contribution in [0.25, 0.3) is 0 Å². The van der Waals surface area contributed by atoms with Crippen molar-refractivity contribution in [3.63, 3.8) is 0 Å². The standard InChI is InChI=1S/C13H13F3N2O2/c1-2-18(9-13(14,15)16)12(20)11-6-10(4-3-5-19)7-17-8-11/h6-8,19H,2,5,9H2,1H3. The average Bonchev–Trinajstić information content (AvgIpc) is 2.41. The highest BCUT2D eigenvalue weighted by Crippen LogP contribution is 2.18. The zero-order valence-electron chi connectivity index (χ0n) is 10.7. The fraction of sp³-hybridized carbons (Fsp3) is 0.385. The Morgan fingerprint density at radius 1 is 1.45 bits per heavy atom. The maximum absolute atomic E-state index is 12.4. The van der Waals surface area contributed by atoms with Gasteiger partial charge in [0.05, 0.1) is 5.56 Å². The summed E-state index contributed by atoms with van der Waals surface area (Å²) in [6.07, 6.45) is -1.90. The Morgan fingerprint density at radius 2 is 2.15 bits per heavy atom. The fourth-order valence-electron chi connectivity index (χ4n) is 1.49. The molecule has 0 unspecified atom stereocenters. The predicted molar refractivity (Wildman–Crippen MR) is 65.8 cm³/mol. The first-order chi connectivity index (χ1) is 9.37. The Kier molecular flexibility index (Phi) is 5.53. The summed E-state index contributed by atoms with van der Waals surface area (Å²) in [4.78, 5) is 16.4. The van der Waals surface area contributed by atoms with Crippen LogP contribution in [0.1, 0.15) is 22.8 Å². The van der Waals surface area contributed by atoms with E-state index in [-0.39, 0.29) is 18.7 Å². The minimum atomic E-state index is -4.45. The highest BCUT2D eigenvalue weighted by molar-refractivity contribution is 5.94. The maximum Gasteiger partial charge on any atom is 0.406 e. The van der Waals surface area contributed by atoms with Crippen LogP contribution >= 0.6 is 0 Å². The van der Waals surface area contributed by atoms with E-state index in [0.717, 1.165) is 0 Å². The lowest BCUT2D eigenvalue weighted by Crippen LogP contribution is -2.38. The second-order valence-electron chi connectivity index (χ2n) is 3.86. The number of aliphatic hydroxyl groups excluding tert-OH is 1. The van der Waals surface area contributed by atoms with Crippen LogP contribution in [0.5, 0.6) is 0 Å². The Hall–Kier alpha value is -2.07. The van der Waals surface area contributed by atoms with Gasteiger partial charge in [0.25, 0.3) is 5.91 Å². The number of amides is 1. The number of halogens is 3. The van der Waals surface area contributed by atoms with Gasteiger partial charge < -0.3 is 10.0 Å². The van der Waals surface area contributed by atoms with E-state index in [9.17, 15) is 18.0 Å². The lowest BCUT2D eigenvalue weighted by atomic mass is 10.2. The number of rotatable bonds is 3. The van der Waals surface area contributed by atoms with Gasteiger partial charge in [0.1, 0.15) is 13.2 Å². The summed E-state index contributed by atoms with van der Waals surface area (Å²) in [5.41, 5.74) is 0.383. The van der Waals surface area contributed by atoms with Crippen molar-refractivity contribution < 1.29 is 23.1 Å². The molecular formula is C13H13F3N2O2. The first-order valence-electron chi connectivity index (χ1n) is 5.78. The third-order valence-corrected chi connectivity index (χ3v) is 2.34. The van der Waals surface area contributed by atoms with Gasteiger partial charge in [0.15, 0.2) is 0 Å². The van der Waals surface area contributed by atoms with Crippen molar-refractivity contribution in [3.8, 4) is 11.8 Å². The molecule has 0 aromatic carbocycles. The van der Waals surface area contributed by atoms with Crippen molar-refractivity contribution in [2.24, 2.45) is 0 Å². The summed E-state index contributed by atoms with van der Waals surface area (Å²) >= 11 is 0. The Bertz CT molecular complexity index is 532. The summed E-state index contributed by atoms with van der Waals surface area (Å²) in [6.45, 7) is -0.264. The lowest BCUT2D eigenvalue weighted by Gasteiger charge is -2.22. The third kappa shape index (κ3) is 4.90. The number of pyridine rings is 1. The second kappa shape index (κ2) is 6.91. The first-order valence-corrected chi connectivity index (χ1v) is 5.78. The molecule has 1 heterocycles. The molecule has 0 radical (unpaired) electrons. The fourth-order valence-corrected chi connectivity index (χ4v) is 1.49. The van der Waals surface area contributed by atoms with Crippen molar-refractivity contribution in [1.82, 2.24) is 9.88 Å². The Morgan fingerprint density at radius 3 is 2.70 bits per heavy atom. The molecule has 0 bridgehead atoms. The van der Waals surface area contributed by atoms with Crippen LogP contribution in [0.2, 0.25) is 0 Å². The van der Waals surface area contributed by atoms with E-state index >= 15 is 0 Å². The Balaban J connectivity index is 2.95. The highest BCUT2D eigenvalue weighted by atomic mass is 19.4. The topological polar surface area (TPSA) is 53.4 Å². The summed E-state index contributed by atoms with van der Waals surface area (Å²) < 4.78 is 37.1. The number of nitrogens with zero attached hydrogens (tertiary/aromatic N) is 2. The van der Waals surface area contributed by atoms with Crippen LogP contribution in [0.4, 0.5) is 13.2 Å². The highest BCUT2D eigenvalue weighted by Gasteiger charge is 2.32. The number of hydrogen-bond acceptors (Lipinski definition) is 3. The molecule has 108 valence electrons. The van der Waals surface area contributed by atoms with Crippen molar-refractivity contribution in [2.45, 2.75) is 13.1 Å². The molecular weight excluding hydrogens is 273 g/mol. The molecule has 7 heteroatoms. The molecule has 1 aromatic heterocycles. The molecule has 0 saturated heterocycles. The van der Waals surface area contributed by atoms with Crippen molar-refractivity contribution in [3.05, 3.63) is 29.6 Å². The summed E-state index contributed by atoms with van der Waals surface area (Å²) in [5, 5.41) is 8.57. The zero-order valence-corrected chi connectivity index (χ0v) is 10.7. The monoisotopic (exact) mass is 286 g/mol. The number of aromatic nitrogens is 1. The molecule has 0 aliphatic carbocycles. The zero-order chi connectivity index (χ0) is 15.2. The van der Waals surface area contributed by atoms with Crippen LogP contribution in [0.15, 0.2) is 18.5 Å². The number of hydrogen-bond donors (Lipinski definition) is 1. The second-order valence-corrected chi connectivity index (χ2v) is 3.86. The molecule has 0 atom stereocenters. The largest absolute Gasteiger partial charge is 0.406 e. The molecule has 1 rings (SSSR count). The predicted octanol–water partition coefficient (Wildman–Crippen LogP) is 1.45.